The number of likely N-dealkylation sites (tertiary alicyclic amines) is 1. The first kappa shape index (κ1) is 20.1. The van der Waals surface area contributed by atoms with E-state index in [1.54, 1.807) is 12.4 Å². The molecule has 33 heavy (non-hydrogen) atoms. The summed E-state index contributed by atoms with van der Waals surface area (Å²) in [7, 11) is 0. The van der Waals surface area contributed by atoms with E-state index in [-0.39, 0.29) is 11.9 Å². The molecule has 1 atom stereocenters. The summed E-state index contributed by atoms with van der Waals surface area (Å²) in [5.74, 6) is 2.42. The van der Waals surface area contributed by atoms with Crippen LogP contribution in [0.25, 0.3) is 11.3 Å². The third-order valence-electron chi connectivity index (χ3n) is 6.95. The number of carbonyl (C=O) groups excluding carboxylic acids is 1. The number of fused-ring (bicyclic) bond motifs is 1. The minimum atomic E-state index is -0.154. The van der Waals surface area contributed by atoms with Crippen LogP contribution in [0.15, 0.2) is 30.6 Å². The maximum absolute atomic E-state index is 13.2. The van der Waals surface area contributed by atoms with Gasteiger partial charge < -0.3 is 15.1 Å². The Kier molecular flexibility index (Phi) is 5.16. The van der Waals surface area contributed by atoms with Crippen LogP contribution in [-0.2, 0) is 17.6 Å². The number of carbonyl (C=O) groups is 1. The maximum atomic E-state index is 13.2. The second-order valence-corrected chi connectivity index (χ2v) is 9.06. The van der Waals surface area contributed by atoms with E-state index in [1.165, 1.54) is 0 Å². The Morgan fingerprint density at radius 1 is 1.03 bits per heavy atom. The van der Waals surface area contributed by atoms with E-state index in [4.69, 9.17) is 9.97 Å². The van der Waals surface area contributed by atoms with Gasteiger partial charge in [-0.25, -0.2) is 4.98 Å². The third kappa shape index (κ3) is 3.81. The fourth-order valence-corrected chi connectivity index (χ4v) is 5.25. The summed E-state index contributed by atoms with van der Waals surface area (Å²) in [5, 5.41) is 11.0. The lowest BCUT2D eigenvalue weighted by molar-refractivity contribution is -0.131. The SMILES string of the molecule is O=C([C@@H]1CCCN1c1nc2c(c(Nc3cc(-c4ccncc4)[nH]n3)n1)CCC2)N1CCCC1. The number of amides is 1. The quantitative estimate of drug-likeness (QED) is 0.623. The number of rotatable bonds is 5. The molecule has 0 radical (unpaired) electrons. The maximum Gasteiger partial charge on any atom is 0.245 e. The largest absolute Gasteiger partial charge is 0.341 e. The summed E-state index contributed by atoms with van der Waals surface area (Å²) >= 11 is 0. The van der Waals surface area contributed by atoms with E-state index in [0.29, 0.717) is 11.8 Å². The van der Waals surface area contributed by atoms with Crippen molar-refractivity contribution in [2.75, 3.05) is 29.9 Å². The Balaban J connectivity index is 1.29. The molecule has 0 aromatic carbocycles. The van der Waals surface area contributed by atoms with Crippen molar-refractivity contribution in [3.05, 3.63) is 41.9 Å². The molecule has 1 amide bonds. The first-order valence-electron chi connectivity index (χ1n) is 11.9. The van der Waals surface area contributed by atoms with Crippen molar-refractivity contribution in [3.63, 3.8) is 0 Å². The molecule has 3 aromatic heterocycles. The monoisotopic (exact) mass is 444 g/mol. The topological polar surface area (TPSA) is 103 Å². The van der Waals surface area contributed by atoms with Crippen LogP contribution in [0, 0.1) is 0 Å². The highest BCUT2D eigenvalue weighted by molar-refractivity contribution is 5.85. The molecule has 9 heteroatoms. The molecule has 3 aromatic rings. The fourth-order valence-electron chi connectivity index (χ4n) is 5.25. The van der Waals surface area contributed by atoms with Crippen molar-refractivity contribution in [1.82, 2.24) is 30.0 Å². The summed E-state index contributed by atoms with van der Waals surface area (Å²) in [4.78, 5) is 31.2. The molecule has 6 rings (SSSR count). The van der Waals surface area contributed by atoms with E-state index in [0.717, 1.165) is 92.9 Å². The molecular formula is C24H28N8O. The average molecular weight is 445 g/mol. The molecule has 2 aliphatic heterocycles. The zero-order valence-corrected chi connectivity index (χ0v) is 18.6. The fraction of sp³-hybridized carbons (Fsp3) is 0.458. The summed E-state index contributed by atoms with van der Waals surface area (Å²) in [6, 6.07) is 5.72. The van der Waals surface area contributed by atoms with E-state index in [2.05, 4.69) is 25.4 Å². The Morgan fingerprint density at radius 3 is 2.73 bits per heavy atom. The number of nitrogens with one attached hydrogen (secondary N) is 2. The molecule has 0 spiro atoms. The molecule has 0 unspecified atom stereocenters. The lowest BCUT2D eigenvalue weighted by atomic mass is 10.2. The molecule has 2 N–H and O–H groups in total. The number of hydrogen-bond donors (Lipinski definition) is 2. The van der Waals surface area contributed by atoms with Gasteiger partial charge in [-0.15, -0.1) is 0 Å². The molecule has 2 fully saturated rings. The van der Waals surface area contributed by atoms with Gasteiger partial charge in [0.2, 0.25) is 11.9 Å². The summed E-state index contributed by atoms with van der Waals surface area (Å²) in [6.07, 6.45) is 10.6. The lowest BCUT2D eigenvalue weighted by Gasteiger charge is -2.28. The smallest absolute Gasteiger partial charge is 0.245 e. The zero-order valence-electron chi connectivity index (χ0n) is 18.6. The number of H-pyrrole nitrogens is 1. The van der Waals surface area contributed by atoms with Gasteiger partial charge in [-0.3, -0.25) is 14.9 Å². The number of anilines is 3. The number of aryl methyl sites for hydroxylation is 1. The van der Waals surface area contributed by atoms with Gasteiger partial charge in [-0.05, 0) is 57.1 Å². The van der Waals surface area contributed by atoms with Crippen LogP contribution < -0.4 is 10.2 Å². The zero-order chi connectivity index (χ0) is 22.2. The normalized spacial score (nSPS) is 19.8. The minimum absolute atomic E-state index is 0.154. The van der Waals surface area contributed by atoms with Crippen molar-refractivity contribution < 1.29 is 4.79 Å². The first-order chi connectivity index (χ1) is 16.3. The van der Waals surface area contributed by atoms with Gasteiger partial charge in [-0.2, -0.15) is 10.1 Å². The first-order valence-corrected chi connectivity index (χ1v) is 11.9. The molecule has 3 aliphatic rings. The van der Waals surface area contributed by atoms with Gasteiger partial charge in [0.1, 0.15) is 11.9 Å². The van der Waals surface area contributed by atoms with Crippen LogP contribution >= 0.6 is 0 Å². The van der Waals surface area contributed by atoms with Gasteiger partial charge in [-0.1, -0.05) is 0 Å². The lowest BCUT2D eigenvalue weighted by Crippen LogP contribution is -2.45. The standard InChI is InChI=1S/C24H28N8O/c33-23(31-12-1-2-13-31)20-7-4-14-32(20)24-26-18-6-3-5-17(18)22(28-24)27-21-15-19(29-30-21)16-8-10-25-11-9-16/h8-11,15,20H,1-7,12-14H2,(H2,26,27,28,29,30)/t20-/m0/s1. The molecule has 0 saturated carbocycles. The van der Waals surface area contributed by atoms with Gasteiger partial charge in [0.15, 0.2) is 5.82 Å². The van der Waals surface area contributed by atoms with Crippen molar-refractivity contribution in [2.45, 2.75) is 51.0 Å². The highest BCUT2D eigenvalue weighted by atomic mass is 16.2. The average Bonchev–Trinajstić information content (AvgIpc) is 3.65. The number of aromatic amines is 1. The highest BCUT2D eigenvalue weighted by Crippen LogP contribution is 2.33. The Hall–Kier alpha value is -3.49. The molecule has 170 valence electrons. The number of aromatic nitrogens is 5. The third-order valence-corrected chi connectivity index (χ3v) is 6.95. The van der Waals surface area contributed by atoms with Crippen LogP contribution in [0.4, 0.5) is 17.6 Å². The Morgan fingerprint density at radius 2 is 1.88 bits per heavy atom. The molecule has 9 nitrogen and oxygen atoms in total. The van der Waals surface area contributed by atoms with Gasteiger partial charge in [0, 0.05) is 49.2 Å². The second-order valence-electron chi connectivity index (χ2n) is 9.06. The minimum Gasteiger partial charge on any atom is -0.341 e. The summed E-state index contributed by atoms with van der Waals surface area (Å²) in [5.41, 5.74) is 4.20. The van der Waals surface area contributed by atoms with E-state index in [1.807, 2.05) is 23.1 Å². The molecule has 0 bridgehead atoms. The summed E-state index contributed by atoms with van der Waals surface area (Å²) < 4.78 is 0. The van der Waals surface area contributed by atoms with E-state index >= 15 is 0 Å². The van der Waals surface area contributed by atoms with Crippen molar-refractivity contribution in [2.24, 2.45) is 0 Å². The van der Waals surface area contributed by atoms with E-state index < -0.39 is 0 Å². The molecular weight excluding hydrogens is 416 g/mol. The number of hydrogen-bond acceptors (Lipinski definition) is 7. The van der Waals surface area contributed by atoms with Gasteiger partial charge >= 0.3 is 0 Å². The molecule has 2 saturated heterocycles. The van der Waals surface area contributed by atoms with Gasteiger partial charge in [0.05, 0.1) is 11.4 Å². The summed E-state index contributed by atoms with van der Waals surface area (Å²) in [6.45, 7) is 2.57. The number of pyridine rings is 1. The van der Waals surface area contributed by atoms with E-state index in [9.17, 15) is 4.79 Å². The van der Waals surface area contributed by atoms with Crippen LogP contribution in [0.3, 0.4) is 0 Å². The number of nitrogens with zero attached hydrogens (tertiary/aromatic N) is 6. The second kappa shape index (κ2) is 8.46. The Labute approximate surface area is 192 Å². The van der Waals surface area contributed by atoms with Crippen LogP contribution in [-0.4, -0.2) is 61.6 Å². The molecule has 5 heterocycles. The van der Waals surface area contributed by atoms with Crippen molar-refractivity contribution in [1.29, 1.82) is 0 Å². The van der Waals surface area contributed by atoms with Crippen molar-refractivity contribution in [3.8, 4) is 11.3 Å². The molecule has 1 aliphatic carbocycles. The Bertz CT molecular complexity index is 1150. The van der Waals surface area contributed by atoms with Crippen LogP contribution in [0.1, 0.15) is 43.4 Å². The predicted octanol–water partition coefficient (Wildman–Crippen LogP) is 3.09. The van der Waals surface area contributed by atoms with Gasteiger partial charge in [0.25, 0.3) is 0 Å². The van der Waals surface area contributed by atoms with Crippen LogP contribution in [0.5, 0.6) is 0 Å². The van der Waals surface area contributed by atoms with Crippen molar-refractivity contribution >= 4 is 23.5 Å². The highest BCUT2D eigenvalue weighted by Gasteiger charge is 2.37. The van der Waals surface area contributed by atoms with Crippen LogP contribution in [0.2, 0.25) is 0 Å². The predicted molar refractivity (Wildman–Crippen MR) is 125 cm³/mol.